The number of carbonyl (C=O) groups is 1. The number of ketones is 1. The Hall–Kier alpha value is -1.09. The lowest BCUT2D eigenvalue weighted by molar-refractivity contribution is 0.0975. The molecule has 0 saturated heterocycles. The van der Waals surface area contributed by atoms with E-state index < -0.39 is 5.82 Å². The second-order valence-electron chi connectivity index (χ2n) is 4.02. The van der Waals surface area contributed by atoms with Gasteiger partial charge in [0.2, 0.25) is 0 Å². The molecule has 0 aromatic heterocycles. The van der Waals surface area contributed by atoms with Crippen molar-refractivity contribution in [2.45, 2.75) is 32.8 Å². The summed E-state index contributed by atoms with van der Waals surface area (Å²) in [6.07, 6.45) is 0.833. The van der Waals surface area contributed by atoms with Crippen LogP contribution in [0.15, 0.2) is 18.2 Å². The Bertz CT molecular complexity index is 391. The third-order valence-corrected chi connectivity index (χ3v) is 2.41. The largest absolute Gasteiger partial charge is 0.490 e. The quantitative estimate of drug-likeness (QED) is 0.573. The molecule has 0 unspecified atom stereocenters. The highest BCUT2D eigenvalue weighted by atomic mass is 35.5. The molecule has 0 amide bonds. The third-order valence-electron chi connectivity index (χ3n) is 2.14. The normalized spacial score (nSPS) is 10.6. The number of hydrogen-bond donors (Lipinski definition) is 0. The van der Waals surface area contributed by atoms with Gasteiger partial charge in [-0.1, -0.05) is 0 Å². The molecule has 0 aliphatic rings. The number of halogens is 2. The van der Waals surface area contributed by atoms with Gasteiger partial charge in [-0.25, -0.2) is 4.39 Å². The zero-order chi connectivity index (χ0) is 12.8. The van der Waals surface area contributed by atoms with Crippen LogP contribution in [0.1, 0.15) is 37.0 Å². The fourth-order valence-corrected chi connectivity index (χ4v) is 1.57. The fraction of sp³-hybridized carbons (Fsp3) is 0.462. The molecule has 94 valence electrons. The topological polar surface area (TPSA) is 26.3 Å². The number of carbonyl (C=O) groups excluding carboxylic acids is 1. The van der Waals surface area contributed by atoms with Crippen molar-refractivity contribution in [3.05, 3.63) is 29.6 Å². The lowest BCUT2D eigenvalue weighted by Gasteiger charge is -2.13. The molecule has 0 aliphatic carbocycles. The van der Waals surface area contributed by atoms with Crippen LogP contribution in [-0.2, 0) is 0 Å². The molecule has 0 spiro atoms. The first-order valence-electron chi connectivity index (χ1n) is 5.60. The summed E-state index contributed by atoms with van der Waals surface area (Å²) in [7, 11) is 0. The number of benzene rings is 1. The minimum absolute atomic E-state index is 0.0555. The highest BCUT2D eigenvalue weighted by Gasteiger charge is 2.14. The van der Waals surface area contributed by atoms with Gasteiger partial charge in [-0.05, 0) is 38.5 Å². The summed E-state index contributed by atoms with van der Waals surface area (Å²) >= 11 is 5.53. The van der Waals surface area contributed by atoms with Crippen molar-refractivity contribution in [2.24, 2.45) is 0 Å². The molecule has 0 aliphatic heterocycles. The van der Waals surface area contributed by atoms with Crippen LogP contribution >= 0.6 is 11.6 Å². The summed E-state index contributed by atoms with van der Waals surface area (Å²) in [4.78, 5) is 11.9. The predicted molar refractivity (Wildman–Crippen MR) is 66.4 cm³/mol. The minimum atomic E-state index is -0.435. The summed E-state index contributed by atoms with van der Waals surface area (Å²) in [5.41, 5.74) is 0.295. The molecule has 0 heterocycles. The zero-order valence-electron chi connectivity index (χ0n) is 10.0. The first kappa shape index (κ1) is 14.0. The number of rotatable bonds is 6. The molecule has 17 heavy (non-hydrogen) atoms. The van der Waals surface area contributed by atoms with Crippen molar-refractivity contribution in [1.82, 2.24) is 0 Å². The van der Waals surface area contributed by atoms with Crippen molar-refractivity contribution >= 4 is 17.4 Å². The minimum Gasteiger partial charge on any atom is -0.490 e. The maximum atomic E-state index is 13.1. The van der Waals surface area contributed by atoms with Crippen molar-refractivity contribution in [3.8, 4) is 5.75 Å². The second kappa shape index (κ2) is 6.60. The Morgan fingerprint density at radius 3 is 2.76 bits per heavy atom. The Kier molecular flexibility index (Phi) is 5.42. The summed E-state index contributed by atoms with van der Waals surface area (Å²) in [6.45, 7) is 3.72. The van der Waals surface area contributed by atoms with E-state index in [-0.39, 0.29) is 11.9 Å². The number of alkyl halides is 1. The molecule has 1 rings (SSSR count). The molecule has 4 heteroatoms. The molecule has 0 N–H and O–H groups in total. The van der Waals surface area contributed by atoms with Gasteiger partial charge in [0.25, 0.3) is 0 Å². The number of ether oxygens (including phenoxy) is 1. The first-order chi connectivity index (χ1) is 8.04. The average Bonchev–Trinajstić information content (AvgIpc) is 2.27. The maximum Gasteiger partial charge on any atom is 0.166 e. The van der Waals surface area contributed by atoms with Crippen LogP contribution in [0.4, 0.5) is 4.39 Å². The SMILES string of the molecule is CC(C)Oc1ccc(F)cc1C(=O)CCCCl. The van der Waals surface area contributed by atoms with Crippen LogP contribution in [0.25, 0.3) is 0 Å². The van der Waals surface area contributed by atoms with Crippen molar-refractivity contribution in [1.29, 1.82) is 0 Å². The van der Waals surface area contributed by atoms with Gasteiger partial charge in [0, 0.05) is 12.3 Å². The Labute approximate surface area is 106 Å². The monoisotopic (exact) mass is 258 g/mol. The molecule has 1 aromatic rings. The van der Waals surface area contributed by atoms with Gasteiger partial charge in [0.1, 0.15) is 11.6 Å². The lowest BCUT2D eigenvalue weighted by atomic mass is 10.1. The molecule has 0 bridgehead atoms. The van der Waals surface area contributed by atoms with E-state index in [9.17, 15) is 9.18 Å². The average molecular weight is 259 g/mol. The highest BCUT2D eigenvalue weighted by molar-refractivity contribution is 6.18. The maximum absolute atomic E-state index is 13.1. The van der Waals surface area contributed by atoms with Gasteiger partial charge in [-0.3, -0.25) is 4.79 Å². The van der Waals surface area contributed by atoms with E-state index >= 15 is 0 Å². The Morgan fingerprint density at radius 1 is 1.47 bits per heavy atom. The van der Waals surface area contributed by atoms with E-state index in [2.05, 4.69) is 0 Å². The molecule has 2 nitrogen and oxygen atoms in total. The first-order valence-corrected chi connectivity index (χ1v) is 6.13. The van der Waals surface area contributed by atoms with E-state index in [4.69, 9.17) is 16.3 Å². The zero-order valence-corrected chi connectivity index (χ0v) is 10.8. The van der Waals surface area contributed by atoms with Gasteiger partial charge < -0.3 is 4.74 Å². The number of Topliss-reactive ketones (excluding diaryl/α,β-unsaturated/α-hetero) is 1. The predicted octanol–water partition coefficient (Wildman–Crippen LogP) is 3.81. The lowest BCUT2D eigenvalue weighted by Crippen LogP contribution is -2.10. The van der Waals surface area contributed by atoms with Gasteiger partial charge in [0.05, 0.1) is 11.7 Å². The summed E-state index contributed by atoms with van der Waals surface area (Å²) in [5.74, 6) is 0.277. The van der Waals surface area contributed by atoms with Gasteiger partial charge in [0.15, 0.2) is 5.78 Å². The van der Waals surface area contributed by atoms with Crippen molar-refractivity contribution < 1.29 is 13.9 Å². The molecule has 0 atom stereocenters. The molecule has 0 saturated carbocycles. The standard InChI is InChI=1S/C13H16ClFO2/c1-9(2)17-13-6-5-10(15)8-11(13)12(16)4-3-7-14/h5-6,8-9H,3-4,7H2,1-2H3. The van der Waals surface area contributed by atoms with Crippen LogP contribution in [-0.4, -0.2) is 17.8 Å². The van der Waals surface area contributed by atoms with Crippen molar-refractivity contribution in [3.63, 3.8) is 0 Å². The van der Waals surface area contributed by atoms with E-state index in [1.54, 1.807) is 0 Å². The van der Waals surface area contributed by atoms with Gasteiger partial charge in [-0.15, -0.1) is 11.6 Å². The van der Waals surface area contributed by atoms with Crippen LogP contribution in [0, 0.1) is 5.82 Å². The Balaban J connectivity index is 2.93. The van der Waals surface area contributed by atoms with Gasteiger partial charge >= 0.3 is 0 Å². The molecule has 0 fully saturated rings. The number of hydrogen-bond acceptors (Lipinski definition) is 2. The summed E-state index contributed by atoms with van der Waals surface area (Å²) in [6, 6.07) is 3.99. The van der Waals surface area contributed by atoms with Crippen molar-refractivity contribution in [2.75, 3.05) is 5.88 Å². The third kappa shape index (κ3) is 4.35. The molecule has 1 aromatic carbocycles. The van der Waals surface area contributed by atoms with Gasteiger partial charge in [-0.2, -0.15) is 0 Å². The highest BCUT2D eigenvalue weighted by Crippen LogP contribution is 2.23. The van der Waals surface area contributed by atoms with E-state index in [1.807, 2.05) is 13.8 Å². The van der Waals surface area contributed by atoms with E-state index in [1.165, 1.54) is 18.2 Å². The summed E-state index contributed by atoms with van der Waals surface area (Å²) in [5, 5.41) is 0. The summed E-state index contributed by atoms with van der Waals surface area (Å²) < 4.78 is 18.6. The van der Waals surface area contributed by atoms with Crippen LogP contribution in [0.2, 0.25) is 0 Å². The molecule has 0 radical (unpaired) electrons. The fourth-order valence-electron chi connectivity index (χ4n) is 1.44. The van der Waals surface area contributed by atoms with Crippen LogP contribution in [0.3, 0.4) is 0 Å². The Morgan fingerprint density at radius 2 is 2.18 bits per heavy atom. The van der Waals surface area contributed by atoms with Crippen LogP contribution < -0.4 is 4.74 Å². The van der Waals surface area contributed by atoms with Crippen LogP contribution in [0.5, 0.6) is 5.75 Å². The smallest absolute Gasteiger partial charge is 0.166 e. The van der Waals surface area contributed by atoms with E-state index in [0.717, 1.165) is 0 Å². The second-order valence-corrected chi connectivity index (χ2v) is 4.40. The van der Waals surface area contributed by atoms with E-state index in [0.29, 0.717) is 30.0 Å². The molecular formula is C13H16ClFO2. The molecular weight excluding hydrogens is 243 g/mol.